The van der Waals surface area contributed by atoms with Crippen molar-refractivity contribution in [2.75, 3.05) is 7.05 Å². The van der Waals surface area contributed by atoms with Crippen LogP contribution in [0.15, 0.2) is 15.0 Å². The van der Waals surface area contributed by atoms with Crippen LogP contribution >= 0.6 is 11.8 Å². The van der Waals surface area contributed by atoms with Crippen LogP contribution in [-0.4, -0.2) is 31.6 Å². The minimum absolute atomic E-state index is 0.216. The van der Waals surface area contributed by atoms with Gasteiger partial charge in [-0.3, -0.25) is 9.25 Å². The molecule has 0 saturated heterocycles. The third kappa shape index (κ3) is 2.21. The average Bonchev–Trinajstić information content (AvgIpc) is 2.77. The fourth-order valence-electron chi connectivity index (χ4n) is 1.70. The summed E-state index contributed by atoms with van der Waals surface area (Å²) in [5.74, 6) is 0. The van der Waals surface area contributed by atoms with Crippen LogP contribution in [0.25, 0.3) is 0 Å². The fraction of sp³-hybridized carbons (Fsp3) is 0.500. The Morgan fingerprint density at radius 1 is 1.44 bits per heavy atom. The lowest BCUT2D eigenvalue weighted by Crippen LogP contribution is -2.13. The quantitative estimate of drug-likeness (QED) is 0.817. The van der Waals surface area contributed by atoms with Gasteiger partial charge in [0, 0.05) is 26.2 Å². The maximum atomic E-state index is 11.3. The lowest BCUT2D eigenvalue weighted by molar-refractivity contribution is 0.679. The molecule has 0 fully saturated rings. The standard InChI is InChI=1S/C10H16N6OS/c1-6-7(5-11-2)8(16(4)14-6)18-10-13-12-9(17)15(10)3/h11H,5H2,1-4H3,(H,12,17). The molecule has 2 N–H and O–H groups in total. The van der Waals surface area contributed by atoms with Crippen molar-refractivity contribution in [3.8, 4) is 0 Å². The Labute approximate surface area is 109 Å². The number of hydrogen-bond donors (Lipinski definition) is 2. The van der Waals surface area contributed by atoms with Gasteiger partial charge in [-0.1, -0.05) is 0 Å². The van der Waals surface area contributed by atoms with Crippen LogP contribution in [0, 0.1) is 6.92 Å². The van der Waals surface area contributed by atoms with E-state index in [0.29, 0.717) is 5.16 Å². The van der Waals surface area contributed by atoms with Gasteiger partial charge in [-0.2, -0.15) is 5.10 Å². The molecule has 0 spiro atoms. The van der Waals surface area contributed by atoms with Crippen LogP contribution in [0.1, 0.15) is 11.3 Å². The average molecular weight is 268 g/mol. The molecule has 18 heavy (non-hydrogen) atoms. The molecule has 0 aliphatic heterocycles. The van der Waals surface area contributed by atoms with Crippen molar-refractivity contribution in [2.45, 2.75) is 23.7 Å². The molecular formula is C10H16N6OS. The van der Waals surface area contributed by atoms with Crippen molar-refractivity contribution in [3.63, 3.8) is 0 Å². The number of rotatable bonds is 4. The second kappa shape index (κ2) is 4.99. The molecule has 0 atom stereocenters. The SMILES string of the molecule is CNCc1c(C)nn(C)c1Sc1n[nH]c(=O)n1C. The fourth-order valence-corrected chi connectivity index (χ4v) is 2.70. The summed E-state index contributed by atoms with van der Waals surface area (Å²) in [4.78, 5) is 11.3. The molecule has 0 amide bonds. The molecule has 98 valence electrons. The van der Waals surface area contributed by atoms with Crippen LogP contribution in [0.5, 0.6) is 0 Å². The highest BCUT2D eigenvalue weighted by Crippen LogP contribution is 2.29. The summed E-state index contributed by atoms with van der Waals surface area (Å²) in [5.41, 5.74) is 1.89. The number of aromatic amines is 1. The lowest BCUT2D eigenvalue weighted by Gasteiger charge is -2.04. The summed E-state index contributed by atoms with van der Waals surface area (Å²) in [6, 6.07) is 0. The summed E-state index contributed by atoms with van der Waals surface area (Å²) >= 11 is 1.43. The van der Waals surface area contributed by atoms with Gasteiger partial charge in [0.05, 0.1) is 5.69 Å². The third-order valence-corrected chi connectivity index (χ3v) is 3.92. The zero-order valence-electron chi connectivity index (χ0n) is 10.8. The summed E-state index contributed by atoms with van der Waals surface area (Å²) < 4.78 is 3.29. The van der Waals surface area contributed by atoms with E-state index in [9.17, 15) is 4.79 Å². The molecule has 7 nitrogen and oxygen atoms in total. The van der Waals surface area contributed by atoms with E-state index < -0.39 is 0 Å². The molecule has 0 unspecified atom stereocenters. The number of hydrogen-bond acceptors (Lipinski definition) is 5. The Kier molecular flexibility index (Phi) is 3.58. The van der Waals surface area contributed by atoms with E-state index in [1.165, 1.54) is 16.3 Å². The van der Waals surface area contributed by atoms with Crippen LogP contribution in [0.3, 0.4) is 0 Å². The van der Waals surface area contributed by atoms with Crippen LogP contribution in [0.4, 0.5) is 0 Å². The number of aryl methyl sites for hydroxylation is 2. The monoisotopic (exact) mass is 268 g/mol. The van der Waals surface area contributed by atoms with Gasteiger partial charge in [-0.15, -0.1) is 5.10 Å². The number of nitrogens with zero attached hydrogens (tertiary/aromatic N) is 4. The van der Waals surface area contributed by atoms with Crippen LogP contribution in [-0.2, 0) is 20.6 Å². The van der Waals surface area contributed by atoms with Gasteiger partial charge in [-0.25, -0.2) is 9.89 Å². The second-order valence-corrected chi connectivity index (χ2v) is 4.95. The Bertz CT molecular complexity index is 610. The first-order valence-corrected chi connectivity index (χ1v) is 6.32. The van der Waals surface area contributed by atoms with Gasteiger partial charge in [0.1, 0.15) is 5.03 Å². The highest BCUT2D eigenvalue weighted by atomic mass is 32.2. The first-order chi connectivity index (χ1) is 8.54. The third-order valence-electron chi connectivity index (χ3n) is 2.67. The summed E-state index contributed by atoms with van der Waals surface area (Å²) in [6.45, 7) is 2.71. The summed E-state index contributed by atoms with van der Waals surface area (Å²) in [5, 5.41) is 15.5. The molecule has 0 saturated carbocycles. The molecule has 0 aliphatic rings. The van der Waals surface area contributed by atoms with E-state index in [4.69, 9.17) is 0 Å². The predicted octanol–water partition coefficient (Wildman–Crippen LogP) is 0.0209. The van der Waals surface area contributed by atoms with Crippen LogP contribution in [0.2, 0.25) is 0 Å². The second-order valence-electron chi connectivity index (χ2n) is 4.00. The van der Waals surface area contributed by atoms with Gasteiger partial charge < -0.3 is 5.32 Å². The molecule has 2 rings (SSSR count). The summed E-state index contributed by atoms with van der Waals surface area (Å²) in [6.07, 6.45) is 0. The molecular weight excluding hydrogens is 252 g/mol. The number of H-pyrrole nitrogens is 1. The maximum absolute atomic E-state index is 11.3. The Morgan fingerprint density at radius 2 is 2.17 bits per heavy atom. The van der Waals surface area contributed by atoms with Gasteiger partial charge >= 0.3 is 5.69 Å². The van der Waals surface area contributed by atoms with E-state index in [2.05, 4.69) is 20.6 Å². The molecule has 8 heteroatoms. The molecule has 0 radical (unpaired) electrons. The zero-order chi connectivity index (χ0) is 13.3. The molecule has 2 aromatic rings. The van der Waals surface area contributed by atoms with E-state index in [1.807, 2.05) is 25.7 Å². The van der Waals surface area contributed by atoms with Crippen molar-refractivity contribution in [1.29, 1.82) is 0 Å². The molecule has 0 bridgehead atoms. The minimum atomic E-state index is -0.216. The van der Waals surface area contributed by atoms with Gasteiger partial charge in [0.25, 0.3) is 0 Å². The first kappa shape index (κ1) is 12.9. The highest BCUT2D eigenvalue weighted by Gasteiger charge is 2.16. The largest absolute Gasteiger partial charge is 0.343 e. The minimum Gasteiger partial charge on any atom is -0.316 e. The number of aromatic nitrogens is 5. The summed E-state index contributed by atoms with van der Waals surface area (Å²) in [7, 11) is 5.47. The van der Waals surface area contributed by atoms with E-state index in [1.54, 1.807) is 7.05 Å². The predicted molar refractivity (Wildman–Crippen MR) is 68.7 cm³/mol. The Balaban J connectivity index is 2.39. The van der Waals surface area contributed by atoms with E-state index >= 15 is 0 Å². The van der Waals surface area contributed by atoms with Gasteiger partial charge in [0.15, 0.2) is 5.16 Å². The highest BCUT2D eigenvalue weighted by molar-refractivity contribution is 7.99. The normalized spacial score (nSPS) is 11.1. The van der Waals surface area contributed by atoms with Crippen LogP contribution < -0.4 is 11.0 Å². The molecule has 0 aliphatic carbocycles. The smallest absolute Gasteiger partial charge is 0.316 e. The van der Waals surface area contributed by atoms with Crippen molar-refractivity contribution < 1.29 is 0 Å². The topological polar surface area (TPSA) is 80.5 Å². The maximum Gasteiger partial charge on any atom is 0.343 e. The lowest BCUT2D eigenvalue weighted by atomic mass is 10.3. The van der Waals surface area contributed by atoms with Crippen molar-refractivity contribution in [2.24, 2.45) is 14.1 Å². The van der Waals surface area contributed by atoms with E-state index in [0.717, 1.165) is 22.8 Å². The first-order valence-electron chi connectivity index (χ1n) is 5.51. The van der Waals surface area contributed by atoms with Gasteiger partial charge in [0.2, 0.25) is 0 Å². The molecule has 2 aromatic heterocycles. The van der Waals surface area contributed by atoms with Crippen molar-refractivity contribution in [3.05, 3.63) is 21.7 Å². The zero-order valence-corrected chi connectivity index (χ0v) is 11.6. The number of nitrogens with one attached hydrogen (secondary N) is 2. The van der Waals surface area contributed by atoms with E-state index in [-0.39, 0.29) is 5.69 Å². The van der Waals surface area contributed by atoms with Crippen molar-refractivity contribution >= 4 is 11.8 Å². The Morgan fingerprint density at radius 3 is 2.72 bits per heavy atom. The molecule has 0 aromatic carbocycles. The molecule has 2 heterocycles. The Hall–Kier alpha value is -1.54. The van der Waals surface area contributed by atoms with Gasteiger partial charge in [-0.05, 0) is 25.7 Å². The van der Waals surface area contributed by atoms with Crippen molar-refractivity contribution in [1.82, 2.24) is 29.9 Å².